The number of amides is 1. The highest BCUT2D eigenvalue weighted by Crippen LogP contribution is 2.34. The van der Waals surface area contributed by atoms with Crippen LogP contribution < -0.4 is 11.2 Å². The van der Waals surface area contributed by atoms with Gasteiger partial charge in [-0.05, 0) is 34.5 Å². The van der Waals surface area contributed by atoms with E-state index in [-0.39, 0.29) is 30.9 Å². The van der Waals surface area contributed by atoms with E-state index in [1.54, 1.807) is 24.3 Å². The van der Waals surface area contributed by atoms with Gasteiger partial charge in [0, 0.05) is 19.0 Å². The maximum Gasteiger partial charge on any atom is 0.329 e. The average molecular weight is 413 g/mol. The maximum atomic E-state index is 12.9. The van der Waals surface area contributed by atoms with Crippen molar-refractivity contribution in [2.45, 2.75) is 12.5 Å². The molecule has 150 valence electrons. The third-order valence-corrected chi connectivity index (χ3v) is 6.03. The van der Waals surface area contributed by atoms with Gasteiger partial charge in [-0.25, -0.2) is 4.79 Å². The van der Waals surface area contributed by atoms with Crippen LogP contribution in [-0.2, 0) is 20.9 Å². The Morgan fingerprint density at radius 1 is 1.21 bits per heavy atom. The summed E-state index contributed by atoms with van der Waals surface area (Å²) >= 11 is 1.52. The molecule has 0 aliphatic carbocycles. The number of para-hydroxylation sites is 1. The Morgan fingerprint density at radius 3 is 2.72 bits per heavy atom. The van der Waals surface area contributed by atoms with E-state index in [2.05, 4.69) is 4.98 Å². The van der Waals surface area contributed by atoms with Crippen LogP contribution in [0.4, 0.5) is 0 Å². The topological polar surface area (TPSA) is 101 Å². The molecule has 1 saturated heterocycles. The molecule has 3 aromatic rings. The minimum atomic E-state index is -0.639. The number of carbonyl (C=O) groups is 2. The highest BCUT2D eigenvalue weighted by atomic mass is 32.1. The number of fused-ring (bicyclic) bond motifs is 1. The highest BCUT2D eigenvalue weighted by Gasteiger charge is 2.41. The molecule has 8 nitrogen and oxygen atoms in total. The van der Waals surface area contributed by atoms with Gasteiger partial charge in [0.25, 0.3) is 5.56 Å². The Kier molecular flexibility index (Phi) is 5.06. The van der Waals surface area contributed by atoms with Crippen LogP contribution in [0.25, 0.3) is 10.9 Å². The number of carbonyl (C=O) groups excluding carboxylic acids is 2. The Bertz CT molecular complexity index is 1180. The van der Waals surface area contributed by atoms with Crippen molar-refractivity contribution in [2.24, 2.45) is 5.92 Å². The molecule has 0 unspecified atom stereocenters. The number of hydrogen-bond donors (Lipinski definition) is 1. The lowest BCUT2D eigenvalue weighted by atomic mass is 9.91. The highest BCUT2D eigenvalue weighted by molar-refractivity contribution is 7.08. The van der Waals surface area contributed by atoms with Crippen LogP contribution in [-0.4, -0.2) is 46.5 Å². The first kappa shape index (κ1) is 19.1. The molecule has 1 N–H and O–H groups in total. The van der Waals surface area contributed by atoms with E-state index in [1.807, 2.05) is 16.8 Å². The molecule has 1 fully saturated rings. The predicted octanol–water partition coefficient (Wildman–Crippen LogP) is 1.17. The van der Waals surface area contributed by atoms with Gasteiger partial charge in [-0.2, -0.15) is 11.3 Å². The number of rotatable bonds is 4. The monoisotopic (exact) mass is 413 g/mol. The summed E-state index contributed by atoms with van der Waals surface area (Å²) in [6.45, 7) is 0.130. The number of aromatic nitrogens is 2. The van der Waals surface area contributed by atoms with Crippen molar-refractivity contribution in [1.82, 2.24) is 14.5 Å². The molecule has 4 rings (SSSR count). The fraction of sp³-hybridized carbons (Fsp3) is 0.300. The first-order valence-corrected chi connectivity index (χ1v) is 10.0. The van der Waals surface area contributed by atoms with Gasteiger partial charge in [-0.15, -0.1) is 0 Å². The quantitative estimate of drug-likeness (QED) is 0.647. The smallest absolute Gasteiger partial charge is 0.329 e. The van der Waals surface area contributed by atoms with E-state index in [0.29, 0.717) is 17.4 Å². The van der Waals surface area contributed by atoms with Gasteiger partial charge in [-0.1, -0.05) is 12.1 Å². The summed E-state index contributed by atoms with van der Waals surface area (Å²) in [5.41, 5.74) is 0.244. The first-order valence-electron chi connectivity index (χ1n) is 9.09. The van der Waals surface area contributed by atoms with Crippen molar-refractivity contribution in [3.63, 3.8) is 0 Å². The third kappa shape index (κ3) is 3.49. The minimum absolute atomic E-state index is 0.177. The molecular weight excluding hydrogens is 394 g/mol. The van der Waals surface area contributed by atoms with Crippen molar-refractivity contribution in [1.29, 1.82) is 0 Å². The van der Waals surface area contributed by atoms with Crippen molar-refractivity contribution < 1.29 is 14.3 Å². The van der Waals surface area contributed by atoms with Gasteiger partial charge in [0.1, 0.15) is 6.54 Å². The zero-order chi connectivity index (χ0) is 20.5. The molecule has 2 aromatic heterocycles. The Morgan fingerprint density at radius 2 is 2.00 bits per heavy atom. The average Bonchev–Trinajstić information content (AvgIpc) is 3.40. The van der Waals surface area contributed by atoms with Crippen LogP contribution in [0.5, 0.6) is 0 Å². The summed E-state index contributed by atoms with van der Waals surface area (Å²) in [4.78, 5) is 54.3. The number of esters is 1. The zero-order valence-electron chi connectivity index (χ0n) is 15.7. The molecule has 1 amide bonds. The van der Waals surface area contributed by atoms with E-state index < -0.39 is 17.2 Å². The number of nitrogens with zero attached hydrogens (tertiary/aromatic N) is 2. The number of methoxy groups -OCH3 is 1. The van der Waals surface area contributed by atoms with Gasteiger partial charge in [0.05, 0.1) is 23.9 Å². The van der Waals surface area contributed by atoms with Gasteiger partial charge < -0.3 is 14.6 Å². The number of ether oxygens (including phenoxy) is 1. The van der Waals surface area contributed by atoms with Crippen LogP contribution in [0.3, 0.4) is 0 Å². The molecular formula is C20H19N3O5S. The Balaban J connectivity index is 1.61. The van der Waals surface area contributed by atoms with E-state index in [4.69, 9.17) is 4.74 Å². The number of thiophene rings is 1. The predicted molar refractivity (Wildman–Crippen MR) is 108 cm³/mol. The second-order valence-electron chi connectivity index (χ2n) is 6.96. The lowest BCUT2D eigenvalue weighted by molar-refractivity contribution is -0.145. The van der Waals surface area contributed by atoms with E-state index >= 15 is 0 Å². The van der Waals surface area contributed by atoms with Crippen LogP contribution in [0.2, 0.25) is 0 Å². The summed E-state index contributed by atoms with van der Waals surface area (Å²) in [5, 5.41) is 4.21. The minimum Gasteiger partial charge on any atom is -0.469 e. The van der Waals surface area contributed by atoms with E-state index in [0.717, 1.165) is 10.1 Å². The Labute approximate surface area is 169 Å². The molecule has 0 spiro atoms. The molecule has 29 heavy (non-hydrogen) atoms. The standard InChI is InChI=1S/C20H19N3O5S/c1-28-19(26)15-9-22(8-14(15)12-6-7-29-11-12)17(24)10-23-18(25)13-4-2-3-5-16(13)21-20(23)27/h2-7,11,14-15H,8-10H2,1H3,(H,21,27)/t14-,15-/m0/s1. The molecule has 1 aliphatic rings. The second-order valence-corrected chi connectivity index (χ2v) is 7.74. The van der Waals surface area contributed by atoms with Crippen molar-refractivity contribution in [3.05, 3.63) is 67.5 Å². The normalized spacial score (nSPS) is 18.9. The first-order chi connectivity index (χ1) is 14.0. The van der Waals surface area contributed by atoms with Crippen molar-refractivity contribution in [3.8, 4) is 0 Å². The summed E-state index contributed by atoms with van der Waals surface area (Å²) in [6, 6.07) is 8.58. The van der Waals surface area contributed by atoms with E-state index in [9.17, 15) is 19.2 Å². The fourth-order valence-corrected chi connectivity index (χ4v) is 4.52. The summed E-state index contributed by atoms with van der Waals surface area (Å²) < 4.78 is 5.81. The number of H-pyrrole nitrogens is 1. The Hall–Kier alpha value is -3.20. The van der Waals surface area contributed by atoms with Crippen molar-refractivity contribution >= 4 is 34.1 Å². The van der Waals surface area contributed by atoms with Crippen LogP contribution >= 0.6 is 11.3 Å². The van der Waals surface area contributed by atoms with E-state index in [1.165, 1.54) is 23.3 Å². The molecule has 0 radical (unpaired) electrons. The lowest BCUT2D eigenvalue weighted by Gasteiger charge is -2.16. The van der Waals surface area contributed by atoms with Gasteiger partial charge in [-0.3, -0.25) is 19.0 Å². The molecule has 1 aliphatic heterocycles. The molecule has 2 atom stereocenters. The zero-order valence-corrected chi connectivity index (χ0v) is 16.5. The molecule has 9 heteroatoms. The number of aromatic amines is 1. The largest absolute Gasteiger partial charge is 0.469 e. The van der Waals surface area contributed by atoms with Crippen LogP contribution in [0, 0.1) is 5.92 Å². The number of likely N-dealkylation sites (tertiary alicyclic amines) is 1. The van der Waals surface area contributed by atoms with Gasteiger partial charge in [0.2, 0.25) is 5.91 Å². The fourth-order valence-electron chi connectivity index (χ4n) is 3.80. The number of hydrogen-bond acceptors (Lipinski definition) is 6. The van der Waals surface area contributed by atoms with Crippen LogP contribution in [0.1, 0.15) is 11.5 Å². The van der Waals surface area contributed by atoms with Gasteiger partial charge in [0.15, 0.2) is 0 Å². The molecule has 0 bridgehead atoms. The molecule has 0 saturated carbocycles. The third-order valence-electron chi connectivity index (χ3n) is 5.33. The summed E-state index contributed by atoms with van der Waals surface area (Å²) in [6.07, 6.45) is 0. The number of nitrogens with one attached hydrogen (secondary N) is 1. The summed E-state index contributed by atoms with van der Waals surface area (Å²) in [7, 11) is 1.33. The second kappa shape index (κ2) is 7.67. The van der Waals surface area contributed by atoms with Gasteiger partial charge >= 0.3 is 11.7 Å². The SMILES string of the molecule is COC(=O)[C@H]1CN(C(=O)Cn2c(=O)[nH]c3ccccc3c2=O)C[C@H]1c1ccsc1. The molecule has 1 aromatic carbocycles. The molecule has 3 heterocycles. The summed E-state index contributed by atoms with van der Waals surface area (Å²) in [5.74, 6) is -1.42. The lowest BCUT2D eigenvalue weighted by Crippen LogP contribution is -2.42. The van der Waals surface area contributed by atoms with Crippen molar-refractivity contribution in [2.75, 3.05) is 20.2 Å². The number of benzene rings is 1. The maximum absolute atomic E-state index is 12.9. The van der Waals surface area contributed by atoms with Crippen LogP contribution in [0.15, 0.2) is 50.7 Å².